The van der Waals surface area contributed by atoms with Crippen LogP contribution < -0.4 is 5.32 Å². The molecule has 1 unspecified atom stereocenters. The topological polar surface area (TPSA) is 87.0 Å². The Morgan fingerprint density at radius 3 is 2.48 bits per heavy atom. The first kappa shape index (κ1) is 22.4. The van der Waals surface area contributed by atoms with Crippen LogP contribution in [0.3, 0.4) is 0 Å². The van der Waals surface area contributed by atoms with Crippen LogP contribution in [0.5, 0.6) is 0 Å². The Morgan fingerprint density at radius 1 is 1.18 bits per heavy atom. The Kier molecular flexibility index (Phi) is 4.98. The van der Waals surface area contributed by atoms with Crippen LogP contribution in [0.1, 0.15) is 37.8 Å². The van der Waals surface area contributed by atoms with Gasteiger partial charge in [-0.1, -0.05) is 0 Å². The van der Waals surface area contributed by atoms with Gasteiger partial charge in [0.1, 0.15) is 12.3 Å². The number of halogens is 6. The molecule has 14 heteroatoms. The summed E-state index contributed by atoms with van der Waals surface area (Å²) in [5, 5.41) is 2.91. The van der Waals surface area contributed by atoms with Crippen molar-refractivity contribution in [1.29, 1.82) is 0 Å². The predicted octanol–water partition coefficient (Wildman–Crippen LogP) is 2.42. The van der Waals surface area contributed by atoms with Gasteiger partial charge in [0.25, 0.3) is 0 Å². The van der Waals surface area contributed by atoms with Gasteiger partial charge < -0.3 is 19.4 Å². The van der Waals surface area contributed by atoms with Gasteiger partial charge in [-0.15, -0.1) is 13.2 Å². The van der Waals surface area contributed by atoms with Crippen LogP contribution in [0.2, 0.25) is 0 Å². The fourth-order valence-corrected chi connectivity index (χ4v) is 4.98. The second-order valence-electron chi connectivity index (χ2n) is 9.13. The molecule has 4 aliphatic carbocycles. The molecule has 2 bridgehead atoms. The quantitative estimate of drug-likeness (QED) is 0.604. The minimum absolute atomic E-state index is 0.0860. The van der Waals surface area contributed by atoms with Crippen LogP contribution >= 0.6 is 0 Å². The van der Waals surface area contributed by atoms with Crippen LogP contribution in [0.25, 0.3) is 0 Å². The normalized spacial score (nSPS) is 35.1. The molecule has 1 atom stereocenters. The first-order valence-corrected chi connectivity index (χ1v) is 10.3. The lowest BCUT2D eigenvalue weighted by atomic mass is 9.44. The summed E-state index contributed by atoms with van der Waals surface area (Å²) in [4.78, 5) is 20.1. The van der Waals surface area contributed by atoms with E-state index in [0.717, 1.165) is 0 Å². The molecule has 1 aromatic heterocycles. The molecule has 0 aromatic carbocycles. The van der Waals surface area contributed by atoms with E-state index in [1.165, 1.54) is 6.33 Å². The van der Waals surface area contributed by atoms with Crippen molar-refractivity contribution >= 4 is 11.8 Å². The molecule has 1 amide bonds. The summed E-state index contributed by atoms with van der Waals surface area (Å²) >= 11 is 0. The minimum atomic E-state index is -4.67. The van der Waals surface area contributed by atoms with Crippen molar-refractivity contribution in [2.45, 2.75) is 74.0 Å². The van der Waals surface area contributed by atoms with Crippen LogP contribution in [0.4, 0.5) is 26.3 Å². The number of nitrogens with zero attached hydrogens (tertiary/aromatic N) is 3. The zero-order chi connectivity index (χ0) is 23.6. The second kappa shape index (κ2) is 7.32. The zero-order valence-corrected chi connectivity index (χ0v) is 17.1. The SMILES string of the molecule is O=C(COC1CC(OC(F)(F)F)C1)NC12CC(n3cnc(C4=NCC(C(F)(F)F)O4)c3)(C1)C2. The molecule has 1 N–H and O–H groups in total. The molecule has 5 aliphatic rings. The van der Waals surface area contributed by atoms with E-state index in [-0.39, 0.29) is 48.0 Å². The zero-order valence-electron chi connectivity index (χ0n) is 17.1. The lowest BCUT2D eigenvalue weighted by Crippen LogP contribution is -2.78. The average Bonchev–Trinajstić information content (AvgIpc) is 3.26. The van der Waals surface area contributed by atoms with E-state index in [1.54, 1.807) is 6.20 Å². The number of rotatable bonds is 7. The number of carbonyl (C=O) groups is 1. The third kappa shape index (κ3) is 4.29. The molecule has 1 aromatic rings. The molecular weight excluding hydrogens is 462 g/mol. The number of hydrogen-bond acceptors (Lipinski definition) is 6. The van der Waals surface area contributed by atoms with Crippen molar-refractivity contribution < 1.29 is 45.3 Å². The van der Waals surface area contributed by atoms with Crippen LogP contribution in [0.15, 0.2) is 17.5 Å². The molecule has 4 saturated carbocycles. The van der Waals surface area contributed by atoms with Crippen molar-refractivity contribution in [2.75, 3.05) is 13.2 Å². The molecule has 33 heavy (non-hydrogen) atoms. The maximum Gasteiger partial charge on any atom is 0.522 e. The largest absolute Gasteiger partial charge is 0.522 e. The van der Waals surface area contributed by atoms with Gasteiger partial charge in [-0.05, 0) is 19.3 Å². The van der Waals surface area contributed by atoms with Gasteiger partial charge in [0.2, 0.25) is 17.9 Å². The maximum absolute atomic E-state index is 12.7. The number of aromatic nitrogens is 2. The Labute approximate surface area is 183 Å². The van der Waals surface area contributed by atoms with E-state index < -0.39 is 37.4 Å². The summed E-state index contributed by atoms with van der Waals surface area (Å²) in [6.07, 6.45) is -7.32. The van der Waals surface area contributed by atoms with E-state index in [1.807, 2.05) is 4.57 Å². The van der Waals surface area contributed by atoms with Gasteiger partial charge in [0.15, 0.2) is 0 Å². The van der Waals surface area contributed by atoms with Crippen molar-refractivity contribution in [3.8, 4) is 0 Å². The third-order valence-corrected chi connectivity index (χ3v) is 6.58. The van der Waals surface area contributed by atoms with Crippen molar-refractivity contribution in [1.82, 2.24) is 14.9 Å². The summed E-state index contributed by atoms with van der Waals surface area (Å²) in [5.74, 6) is -0.483. The van der Waals surface area contributed by atoms with Gasteiger partial charge in [0.05, 0.1) is 30.6 Å². The van der Waals surface area contributed by atoms with Gasteiger partial charge >= 0.3 is 12.5 Å². The van der Waals surface area contributed by atoms with Crippen molar-refractivity contribution in [3.05, 3.63) is 18.2 Å². The monoisotopic (exact) mass is 482 g/mol. The van der Waals surface area contributed by atoms with Crippen LogP contribution in [-0.2, 0) is 24.5 Å². The van der Waals surface area contributed by atoms with Crippen LogP contribution in [-0.4, -0.2) is 70.9 Å². The lowest BCUT2D eigenvalue weighted by molar-refractivity contribution is -0.357. The van der Waals surface area contributed by atoms with Crippen molar-refractivity contribution in [2.24, 2.45) is 4.99 Å². The Balaban J connectivity index is 1.05. The molecule has 8 nitrogen and oxygen atoms in total. The number of nitrogens with one attached hydrogen (secondary N) is 1. The highest BCUT2D eigenvalue weighted by atomic mass is 19.4. The Hall–Kier alpha value is -2.35. The third-order valence-electron chi connectivity index (χ3n) is 6.58. The maximum atomic E-state index is 12.7. The molecule has 0 spiro atoms. The molecule has 4 fully saturated rings. The summed E-state index contributed by atoms with van der Waals surface area (Å²) < 4.78 is 90.5. The standard InChI is InChI=1S/C19H20F6N4O4/c20-18(21,22)13-3-26-15(32-13)12-4-29(9-27-12)17-6-16(7-17,8-17)28-14(30)5-31-10-1-11(2-10)33-19(23,24)25/h4,9-11,13H,1-3,5-8H2,(H,28,30). The fraction of sp³-hybridized carbons (Fsp3) is 0.737. The van der Waals surface area contributed by atoms with E-state index in [0.29, 0.717) is 19.3 Å². The first-order chi connectivity index (χ1) is 15.3. The Morgan fingerprint density at radius 2 is 1.88 bits per heavy atom. The second-order valence-corrected chi connectivity index (χ2v) is 9.13. The molecule has 1 aliphatic heterocycles. The molecule has 0 saturated heterocycles. The molecule has 2 heterocycles. The summed E-state index contributed by atoms with van der Waals surface area (Å²) in [6.45, 7) is -0.740. The van der Waals surface area contributed by atoms with Gasteiger partial charge in [0, 0.05) is 24.6 Å². The van der Waals surface area contributed by atoms with Crippen molar-refractivity contribution in [3.63, 3.8) is 0 Å². The number of amides is 1. The van der Waals surface area contributed by atoms with Gasteiger partial charge in [-0.3, -0.25) is 9.53 Å². The highest BCUT2D eigenvalue weighted by Crippen LogP contribution is 2.65. The molecule has 6 rings (SSSR count). The number of imidazole rings is 1. The number of hydrogen-bond donors (Lipinski definition) is 1. The highest BCUT2D eigenvalue weighted by Gasteiger charge is 2.69. The van der Waals surface area contributed by atoms with E-state index in [9.17, 15) is 31.1 Å². The number of carbonyl (C=O) groups excluding carboxylic acids is 1. The highest BCUT2D eigenvalue weighted by molar-refractivity contribution is 5.93. The van der Waals surface area contributed by atoms with Gasteiger partial charge in [-0.2, -0.15) is 13.2 Å². The number of aliphatic imine (C=N–C) groups is 1. The molecule has 182 valence electrons. The lowest BCUT2D eigenvalue weighted by Gasteiger charge is -2.70. The van der Waals surface area contributed by atoms with Gasteiger partial charge in [-0.25, -0.2) is 9.98 Å². The van der Waals surface area contributed by atoms with E-state index >= 15 is 0 Å². The summed E-state index contributed by atoms with van der Waals surface area (Å²) in [7, 11) is 0. The smallest absolute Gasteiger partial charge is 0.461 e. The summed E-state index contributed by atoms with van der Waals surface area (Å²) in [6, 6.07) is 0. The van der Waals surface area contributed by atoms with E-state index in [2.05, 4.69) is 20.0 Å². The summed E-state index contributed by atoms with van der Waals surface area (Å²) in [5.41, 5.74) is -0.418. The molecular formula is C19H20F6N4O4. The first-order valence-electron chi connectivity index (χ1n) is 10.3. The fourth-order valence-electron chi connectivity index (χ4n) is 4.98. The number of alkyl halides is 6. The number of ether oxygens (including phenoxy) is 3. The molecule has 0 radical (unpaired) electrons. The van der Waals surface area contributed by atoms with Crippen LogP contribution in [0, 0.1) is 0 Å². The van der Waals surface area contributed by atoms with E-state index in [4.69, 9.17) is 9.47 Å². The minimum Gasteiger partial charge on any atom is -0.461 e. The predicted molar refractivity (Wildman–Crippen MR) is 97.2 cm³/mol. The average molecular weight is 482 g/mol. The Bertz CT molecular complexity index is 948.